The lowest BCUT2D eigenvalue weighted by Crippen LogP contribution is -2.36. The van der Waals surface area contributed by atoms with Gasteiger partial charge >= 0.3 is 11.8 Å². The molecule has 0 atom stereocenters. The van der Waals surface area contributed by atoms with E-state index in [9.17, 15) is 9.59 Å². The van der Waals surface area contributed by atoms with Gasteiger partial charge in [0.15, 0.2) is 0 Å². The molecular weight excluding hydrogens is 382 g/mol. The molecule has 0 bridgehead atoms. The van der Waals surface area contributed by atoms with E-state index in [-0.39, 0.29) is 0 Å². The van der Waals surface area contributed by atoms with E-state index in [1.807, 2.05) is 24.4 Å². The molecule has 0 spiro atoms. The number of thiazole rings is 1. The van der Waals surface area contributed by atoms with Crippen LogP contribution in [0.25, 0.3) is 10.6 Å². The van der Waals surface area contributed by atoms with Crippen molar-refractivity contribution in [3.8, 4) is 10.6 Å². The number of carbonyl (C=O) groups is 2. The number of hydrogen-bond donors (Lipinski definition) is 2. The van der Waals surface area contributed by atoms with Crippen LogP contribution in [0.1, 0.15) is 11.3 Å². The molecule has 0 saturated carbocycles. The quantitative estimate of drug-likeness (QED) is 0.635. The lowest BCUT2D eigenvalue weighted by molar-refractivity contribution is -0.136. The van der Waals surface area contributed by atoms with E-state index in [1.54, 1.807) is 35.6 Å². The smallest absolute Gasteiger partial charge is 0.313 e. The molecule has 0 aliphatic rings. The van der Waals surface area contributed by atoms with E-state index in [4.69, 9.17) is 11.6 Å². The zero-order valence-electron chi connectivity index (χ0n) is 14.7. The second-order valence-electron chi connectivity index (χ2n) is 5.98. The van der Waals surface area contributed by atoms with Crippen molar-refractivity contribution in [1.29, 1.82) is 0 Å². The maximum Gasteiger partial charge on any atom is 0.313 e. The standard InChI is InChI=1S/C20H18ClN3O2S/c1-13-2-4-14(5-3-13)20-24-17(12-27-20)10-11-22-18(25)19(26)23-16-8-6-15(21)7-9-16/h2-9,12H,10-11H2,1H3,(H,22,25)(H,23,26). The lowest BCUT2D eigenvalue weighted by Gasteiger charge is -2.06. The first-order valence-corrected chi connectivity index (χ1v) is 9.63. The summed E-state index contributed by atoms with van der Waals surface area (Å²) in [6, 6.07) is 14.7. The van der Waals surface area contributed by atoms with Crippen molar-refractivity contribution >= 4 is 40.4 Å². The van der Waals surface area contributed by atoms with Crippen molar-refractivity contribution in [2.24, 2.45) is 0 Å². The first-order chi connectivity index (χ1) is 13.0. The number of aromatic nitrogens is 1. The third-order valence-corrected chi connectivity index (χ3v) is 5.02. The molecule has 0 aliphatic heterocycles. The molecule has 0 unspecified atom stereocenters. The van der Waals surface area contributed by atoms with Crippen molar-refractivity contribution in [3.63, 3.8) is 0 Å². The van der Waals surface area contributed by atoms with Crippen LogP contribution < -0.4 is 10.6 Å². The maximum atomic E-state index is 11.9. The molecule has 3 aromatic rings. The molecule has 0 radical (unpaired) electrons. The fourth-order valence-corrected chi connectivity index (χ4v) is 3.34. The Morgan fingerprint density at radius 2 is 1.74 bits per heavy atom. The summed E-state index contributed by atoms with van der Waals surface area (Å²) >= 11 is 7.35. The van der Waals surface area contributed by atoms with Crippen molar-refractivity contribution in [3.05, 3.63) is 70.2 Å². The van der Waals surface area contributed by atoms with Crippen LogP contribution in [-0.2, 0) is 16.0 Å². The van der Waals surface area contributed by atoms with Gasteiger partial charge in [0.05, 0.1) is 5.69 Å². The Labute approximate surface area is 166 Å². The predicted molar refractivity (Wildman–Crippen MR) is 109 cm³/mol. The summed E-state index contributed by atoms with van der Waals surface area (Å²) in [7, 11) is 0. The molecule has 0 fully saturated rings. The summed E-state index contributed by atoms with van der Waals surface area (Å²) in [5.41, 5.74) is 3.68. The van der Waals surface area contributed by atoms with Crippen molar-refractivity contribution in [1.82, 2.24) is 10.3 Å². The molecule has 0 saturated heterocycles. The highest BCUT2D eigenvalue weighted by Crippen LogP contribution is 2.24. The molecule has 0 aliphatic carbocycles. The number of halogens is 1. The first-order valence-electron chi connectivity index (χ1n) is 8.37. The summed E-state index contributed by atoms with van der Waals surface area (Å²) in [5, 5.41) is 8.60. The number of aryl methyl sites for hydroxylation is 1. The fourth-order valence-electron chi connectivity index (χ4n) is 2.36. The maximum absolute atomic E-state index is 11.9. The van der Waals surface area contributed by atoms with Gasteiger partial charge < -0.3 is 10.6 Å². The van der Waals surface area contributed by atoms with Crippen LogP contribution in [0.15, 0.2) is 53.9 Å². The summed E-state index contributed by atoms with van der Waals surface area (Å²) in [6.07, 6.45) is 0.558. The average Bonchev–Trinajstić information content (AvgIpc) is 3.13. The van der Waals surface area contributed by atoms with Crippen LogP contribution in [0, 0.1) is 6.92 Å². The fraction of sp³-hybridized carbons (Fsp3) is 0.150. The van der Waals surface area contributed by atoms with Crippen LogP contribution in [0.4, 0.5) is 5.69 Å². The second kappa shape index (κ2) is 8.79. The summed E-state index contributed by atoms with van der Waals surface area (Å²) in [6.45, 7) is 2.38. The van der Waals surface area contributed by atoms with E-state index in [0.717, 1.165) is 16.3 Å². The Morgan fingerprint density at radius 3 is 2.44 bits per heavy atom. The van der Waals surface area contributed by atoms with Crippen LogP contribution in [0.5, 0.6) is 0 Å². The van der Waals surface area contributed by atoms with Gasteiger partial charge in [0.25, 0.3) is 0 Å². The SMILES string of the molecule is Cc1ccc(-c2nc(CCNC(=O)C(=O)Nc3ccc(Cl)cc3)cs2)cc1. The lowest BCUT2D eigenvalue weighted by atomic mass is 10.2. The topological polar surface area (TPSA) is 71.1 Å². The van der Waals surface area contributed by atoms with E-state index in [1.165, 1.54) is 5.56 Å². The van der Waals surface area contributed by atoms with E-state index in [0.29, 0.717) is 23.7 Å². The third-order valence-electron chi connectivity index (χ3n) is 3.83. The number of nitrogens with one attached hydrogen (secondary N) is 2. The van der Waals surface area contributed by atoms with Crippen LogP contribution in [0.3, 0.4) is 0 Å². The molecule has 2 amide bonds. The minimum absolute atomic E-state index is 0.337. The van der Waals surface area contributed by atoms with Crippen molar-refractivity contribution in [2.45, 2.75) is 13.3 Å². The van der Waals surface area contributed by atoms with Gasteiger partial charge in [-0.1, -0.05) is 41.4 Å². The summed E-state index contributed by atoms with van der Waals surface area (Å²) < 4.78 is 0. The minimum Gasteiger partial charge on any atom is -0.347 e. The molecule has 2 aromatic carbocycles. The minimum atomic E-state index is -0.712. The number of nitrogens with zero attached hydrogens (tertiary/aromatic N) is 1. The zero-order chi connectivity index (χ0) is 19.2. The van der Waals surface area contributed by atoms with Crippen LogP contribution >= 0.6 is 22.9 Å². The zero-order valence-corrected chi connectivity index (χ0v) is 16.2. The van der Waals surface area contributed by atoms with Gasteiger partial charge in [-0.25, -0.2) is 4.98 Å². The van der Waals surface area contributed by atoms with Gasteiger partial charge in [0.2, 0.25) is 0 Å². The Bertz CT molecular complexity index is 937. The largest absolute Gasteiger partial charge is 0.347 e. The molecule has 27 heavy (non-hydrogen) atoms. The number of carbonyl (C=O) groups excluding carboxylic acids is 2. The molecule has 138 valence electrons. The third kappa shape index (κ3) is 5.39. The van der Waals surface area contributed by atoms with Gasteiger partial charge in [-0.05, 0) is 31.2 Å². The highest BCUT2D eigenvalue weighted by molar-refractivity contribution is 7.13. The Kier molecular flexibility index (Phi) is 6.21. The van der Waals surface area contributed by atoms with Gasteiger partial charge in [-0.3, -0.25) is 9.59 Å². The second-order valence-corrected chi connectivity index (χ2v) is 7.27. The molecule has 7 heteroatoms. The summed E-state index contributed by atoms with van der Waals surface area (Å²) in [4.78, 5) is 28.4. The predicted octanol–water partition coefficient (Wildman–Crippen LogP) is 4.07. The Balaban J connectivity index is 1.48. The molecule has 1 heterocycles. The van der Waals surface area contributed by atoms with E-state index < -0.39 is 11.8 Å². The van der Waals surface area contributed by atoms with Crippen LogP contribution in [0.2, 0.25) is 5.02 Å². The number of rotatable bonds is 5. The Morgan fingerprint density at radius 1 is 1.04 bits per heavy atom. The highest BCUT2D eigenvalue weighted by atomic mass is 35.5. The van der Waals surface area contributed by atoms with Gasteiger partial charge in [0, 0.05) is 34.6 Å². The molecule has 1 aromatic heterocycles. The number of benzene rings is 2. The van der Waals surface area contributed by atoms with Gasteiger partial charge in [-0.2, -0.15) is 0 Å². The Hall–Kier alpha value is -2.70. The average molecular weight is 400 g/mol. The number of amides is 2. The summed E-state index contributed by atoms with van der Waals surface area (Å²) in [5.74, 6) is -1.39. The molecule has 5 nitrogen and oxygen atoms in total. The molecular formula is C20H18ClN3O2S. The number of hydrogen-bond acceptors (Lipinski definition) is 4. The monoisotopic (exact) mass is 399 g/mol. The highest BCUT2D eigenvalue weighted by Gasteiger charge is 2.13. The molecule has 2 N–H and O–H groups in total. The van der Waals surface area contributed by atoms with E-state index >= 15 is 0 Å². The van der Waals surface area contributed by atoms with Crippen molar-refractivity contribution < 1.29 is 9.59 Å². The van der Waals surface area contributed by atoms with Crippen LogP contribution in [-0.4, -0.2) is 23.3 Å². The van der Waals surface area contributed by atoms with Crippen molar-refractivity contribution in [2.75, 3.05) is 11.9 Å². The van der Waals surface area contributed by atoms with Gasteiger partial charge in [0.1, 0.15) is 5.01 Å². The van der Waals surface area contributed by atoms with Gasteiger partial charge in [-0.15, -0.1) is 11.3 Å². The number of anilines is 1. The molecule has 3 rings (SSSR count). The first kappa shape index (κ1) is 19.1. The normalized spacial score (nSPS) is 10.4. The van der Waals surface area contributed by atoms with E-state index in [2.05, 4.69) is 27.8 Å².